The number of hydrogen-bond acceptors (Lipinski definition) is 4. The van der Waals surface area contributed by atoms with Gasteiger partial charge in [-0.15, -0.1) is 0 Å². The highest BCUT2D eigenvalue weighted by atomic mass is 15.1. The van der Waals surface area contributed by atoms with Crippen LogP contribution in [0.3, 0.4) is 0 Å². The Labute approximate surface area is 407 Å². The highest BCUT2D eigenvalue weighted by molar-refractivity contribution is 6.28. The average molecular weight is 891 g/mol. The van der Waals surface area contributed by atoms with Crippen LogP contribution in [-0.4, -0.2) is 0 Å². The van der Waals surface area contributed by atoms with Gasteiger partial charge in [0.15, 0.2) is 0 Å². The first-order valence-corrected chi connectivity index (χ1v) is 23.4. The number of nitriles is 2. The van der Waals surface area contributed by atoms with Crippen molar-refractivity contribution < 1.29 is 0 Å². The zero-order chi connectivity index (χ0) is 47.0. The second kappa shape index (κ2) is 17.8. The van der Waals surface area contributed by atoms with Gasteiger partial charge in [-0.05, 0) is 163 Å². The van der Waals surface area contributed by atoms with E-state index in [1.54, 1.807) is 0 Å². The summed E-state index contributed by atoms with van der Waals surface area (Å²) < 4.78 is 0. The minimum atomic E-state index is 0.603. The van der Waals surface area contributed by atoms with Crippen molar-refractivity contribution >= 4 is 66.4 Å². The van der Waals surface area contributed by atoms with Gasteiger partial charge in [-0.2, -0.15) is 10.5 Å². The normalized spacial score (nSPS) is 11.1. The Kier molecular flexibility index (Phi) is 10.6. The van der Waals surface area contributed by atoms with Crippen molar-refractivity contribution in [2.45, 2.75) is 0 Å². The molecule has 0 aromatic heterocycles. The Morgan fingerprint density at radius 1 is 0.257 bits per heavy atom. The molecule has 0 N–H and O–H groups in total. The van der Waals surface area contributed by atoms with E-state index in [4.69, 9.17) is 0 Å². The third-order valence-electron chi connectivity index (χ3n) is 13.4. The predicted molar refractivity (Wildman–Crippen MR) is 291 cm³/mol. The third-order valence-corrected chi connectivity index (χ3v) is 13.4. The van der Waals surface area contributed by atoms with Gasteiger partial charge in [0.1, 0.15) is 0 Å². The summed E-state index contributed by atoms with van der Waals surface area (Å²) in [4.78, 5) is 4.69. The fourth-order valence-electron chi connectivity index (χ4n) is 10.1. The molecule has 0 atom stereocenters. The molecule has 0 amide bonds. The molecule has 0 radical (unpaired) electrons. The molecule has 0 bridgehead atoms. The monoisotopic (exact) mass is 890 g/mol. The zero-order valence-corrected chi connectivity index (χ0v) is 38.0. The van der Waals surface area contributed by atoms with Crippen LogP contribution in [-0.2, 0) is 0 Å². The van der Waals surface area contributed by atoms with Crippen LogP contribution >= 0.6 is 0 Å². The summed E-state index contributed by atoms with van der Waals surface area (Å²) in [6.07, 6.45) is 0. The third kappa shape index (κ3) is 7.63. The Morgan fingerprint density at radius 2 is 0.557 bits per heavy atom. The maximum Gasteiger partial charge on any atom is 0.0991 e. The molecule has 0 spiro atoms. The summed E-state index contributed by atoms with van der Waals surface area (Å²) in [6.45, 7) is 0. The van der Waals surface area contributed by atoms with E-state index in [-0.39, 0.29) is 0 Å². The van der Waals surface area contributed by atoms with Gasteiger partial charge in [0.2, 0.25) is 0 Å². The van der Waals surface area contributed by atoms with Crippen molar-refractivity contribution in [3.8, 4) is 56.6 Å². The molecule has 0 saturated heterocycles. The molecular weight excluding hydrogens is 849 g/mol. The van der Waals surface area contributed by atoms with Gasteiger partial charge in [0.05, 0.1) is 34.6 Å². The van der Waals surface area contributed by atoms with Crippen molar-refractivity contribution in [1.82, 2.24) is 0 Å². The maximum absolute atomic E-state index is 9.91. The summed E-state index contributed by atoms with van der Waals surface area (Å²) in [5.41, 5.74) is 16.1. The lowest BCUT2D eigenvalue weighted by atomic mass is 9.91. The molecule has 12 rings (SSSR count). The van der Waals surface area contributed by atoms with Crippen LogP contribution in [0.1, 0.15) is 11.1 Å². The van der Waals surface area contributed by atoms with E-state index < -0.39 is 0 Å². The van der Waals surface area contributed by atoms with Gasteiger partial charge >= 0.3 is 0 Å². The fraction of sp³-hybridized carbons (Fsp3) is 0. The van der Waals surface area contributed by atoms with Gasteiger partial charge in [-0.1, -0.05) is 158 Å². The number of anilines is 6. The summed E-state index contributed by atoms with van der Waals surface area (Å²) in [5, 5.41) is 26.6. The fourth-order valence-corrected chi connectivity index (χ4v) is 10.1. The molecule has 0 aliphatic rings. The summed E-state index contributed by atoms with van der Waals surface area (Å²) in [6, 6.07) is 94.3. The van der Waals surface area contributed by atoms with Crippen molar-refractivity contribution in [2.75, 3.05) is 9.80 Å². The molecule has 4 heteroatoms. The summed E-state index contributed by atoms with van der Waals surface area (Å²) in [5.74, 6) is 0. The minimum Gasteiger partial charge on any atom is -0.310 e. The highest BCUT2D eigenvalue weighted by Gasteiger charge is 2.24. The van der Waals surface area contributed by atoms with Crippen LogP contribution < -0.4 is 9.80 Å². The minimum absolute atomic E-state index is 0.603. The Hall–Kier alpha value is -9.74. The standard InChI is InChI=1S/C66H42N4/c67-43-45-21-29-57(30-22-45)69(59-39-53(47-13-5-1-6-14-47)37-54(40-59)48-15-7-2-8-16-48)63-35-27-51-26-34-62-64(36-28-52-25-33-61(63)65(51)66(52)62)70(58-31-23-46(44-68)24-32-58)60-41-55(49-17-9-3-10-18-49)38-56(42-60)50-19-11-4-12-20-50/h1-42H. The van der Waals surface area contributed by atoms with Gasteiger partial charge in [0, 0.05) is 33.5 Å². The van der Waals surface area contributed by atoms with Crippen LogP contribution in [0.4, 0.5) is 34.1 Å². The lowest BCUT2D eigenvalue weighted by Crippen LogP contribution is -2.12. The summed E-state index contributed by atoms with van der Waals surface area (Å²) >= 11 is 0. The lowest BCUT2D eigenvalue weighted by Gasteiger charge is -2.30. The molecule has 4 nitrogen and oxygen atoms in total. The van der Waals surface area contributed by atoms with Gasteiger partial charge in [0.25, 0.3) is 0 Å². The topological polar surface area (TPSA) is 54.1 Å². The molecule has 0 heterocycles. The van der Waals surface area contributed by atoms with Gasteiger partial charge < -0.3 is 9.80 Å². The first-order valence-electron chi connectivity index (χ1n) is 23.4. The average Bonchev–Trinajstić information content (AvgIpc) is 3.44. The second-order valence-electron chi connectivity index (χ2n) is 17.6. The van der Waals surface area contributed by atoms with E-state index >= 15 is 0 Å². The number of benzene rings is 12. The number of rotatable bonds is 10. The maximum atomic E-state index is 9.91. The van der Waals surface area contributed by atoms with E-state index in [0.29, 0.717) is 11.1 Å². The van der Waals surface area contributed by atoms with Crippen LogP contribution in [0.25, 0.3) is 76.8 Å². The summed E-state index contributed by atoms with van der Waals surface area (Å²) in [7, 11) is 0. The molecule has 0 aliphatic heterocycles. The van der Waals surface area contributed by atoms with E-state index in [2.05, 4.69) is 252 Å². The smallest absolute Gasteiger partial charge is 0.0991 e. The van der Waals surface area contributed by atoms with Crippen molar-refractivity contribution in [2.24, 2.45) is 0 Å². The molecule has 0 saturated carbocycles. The first-order chi connectivity index (χ1) is 34.6. The Bertz CT molecular complexity index is 3550. The SMILES string of the molecule is N#Cc1ccc(N(c2cc(-c3ccccc3)cc(-c3ccccc3)c2)c2ccc3ccc4c(N(c5ccc(C#N)cc5)c5cc(-c6ccccc6)cc(-c6ccccc6)c5)ccc5ccc2c3c54)cc1. The molecule has 0 unspecified atom stereocenters. The van der Waals surface area contributed by atoms with Crippen LogP contribution in [0, 0.1) is 22.7 Å². The van der Waals surface area contributed by atoms with Gasteiger partial charge in [-0.25, -0.2) is 0 Å². The van der Waals surface area contributed by atoms with Crippen LogP contribution in [0.2, 0.25) is 0 Å². The van der Waals surface area contributed by atoms with E-state index in [1.165, 1.54) is 10.8 Å². The lowest BCUT2D eigenvalue weighted by molar-refractivity contribution is 1.29. The van der Waals surface area contributed by atoms with Crippen molar-refractivity contribution in [1.29, 1.82) is 10.5 Å². The van der Waals surface area contributed by atoms with Crippen LogP contribution in [0.5, 0.6) is 0 Å². The second-order valence-corrected chi connectivity index (χ2v) is 17.6. The highest BCUT2D eigenvalue weighted by Crippen LogP contribution is 2.49. The largest absolute Gasteiger partial charge is 0.310 e. The quantitative estimate of drug-likeness (QED) is 0.128. The molecule has 0 fully saturated rings. The molecule has 70 heavy (non-hydrogen) atoms. The zero-order valence-electron chi connectivity index (χ0n) is 38.0. The molecular formula is C66H42N4. The van der Waals surface area contributed by atoms with Crippen molar-refractivity contribution in [3.63, 3.8) is 0 Å². The number of hydrogen-bond donors (Lipinski definition) is 0. The van der Waals surface area contributed by atoms with Crippen LogP contribution in [0.15, 0.2) is 255 Å². The molecule has 12 aromatic carbocycles. The van der Waals surface area contributed by atoms with Crippen molar-refractivity contribution in [3.05, 3.63) is 266 Å². The van der Waals surface area contributed by atoms with E-state index in [0.717, 1.165) is 100 Å². The molecule has 0 aliphatic carbocycles. The molecule has 326 valence electrons. The Balaban J connectivity index is 1.11. The van der Waals surface area contributed by atoms with E-state index in [1.807, 2.05) is 24.3 Å². The molecule has 12 aromatic rings. The van der Waals surface area contributed by atoms with Gasteiger partial charge in [-0.3, -0.25) is 0 Å². The Morgan fingerprint density at radius 3 is 0.857 bits per heavy atom. The predicted octanol–water partition coefficient (Wildman–Crippen LogP) is 17.9. The first kappa shape index (κ1) is 41.7. The number of nitrogens with zero attached hydrogens (tertiary/aromatic N) is 4. The van der Waals surface area contributed by atoms with E-state index in [9.17, 15) is 10.5 Å².